The lowest BCUT2D eigenvalue weighted by Gasteiger charge is -2.26. The molecule has 2 rings (SSSR count). The SMILES string of the molecule is CCCN(CC(O)C(=O)Nc1ccc(C#N)c(C(F)(F)F)c1)c1ccc(C#N)cc1. The van der Waals surface area contributed by atoms with Gasteiger partial charge >= 0.3 is 6.18 Å². The predicted molar refractivity (Wildman–Crippen MR) is 104 cm³/mol. The van der Waals surface area contributed by atoms with E-state index in [4.69, 9.17) is 10.5 Å². The van der Waals surface area contributed by atoms with E-state index in [9.17, 15) is 23.1 Å². The van der Waals surface area contributed by atoms with Crippen molar-refractivity contribution in [2.24, 2.45) is 0 Å². The van der Waals surface area contributed by atoms with Gasteiger partial charge in [0.2, 0.25) is 0 Å². The molecular formula is C21H19F3N4O2. The monoisotopic (exact) mass is 416 g/mol. The van der Waals surface area contributed by atoms with E-state index in [0.29, 0.717) is 23.9 Å². The second-order valence-electron chi connectivity index (χ2n) is 6.48. The zero-order valence-corrected chi connectivity index (χ0v) is 16.1. The third-order valence-corrected chi connectivity index (χ3v) is 4.26. The van der Waals surface area contributed by atoms with E-state index >= 15 is 0 Å². The lowest BCUT2D eigenvalue weighted by Crippen LogP contribution is -2.40. The van der Waals surface area contributed by atoms with Gasteiger partial charge < -0.3 is 15.3 Å². The van der Waals surface area contributed by atoms with Crippen LogP contribution in [0.5, 0.6) is 0 Å². The van der Waals surface area contributed by atoms with E-state index in [1.807, 2.05) is 13.0 Å². The average Bonchev–Trinajstić information content (AvgIpc) is 2.72. The fourth-order valence-corrected chi connectivity index (χ4v) is 2.81. The number of nitrogens with zero attached hydrogens (tertiary/aromatic N) is 3. The Bertz CT molecular complexity index is 976. The zero-order valence-electron chi connectivity index (χ0n) is 16.1. The van der Waals surface area contributed by atoms with Crippen LogP contribution in [0.2, 0.25) is 0 Å². The highest BCUT2D eigenvalue weighted by molar-refractivity contribution is 5.94. The van der Waals surface area contributed by atoms with Crippen molar-refractivity contribution in [2.45, 2.75) is 25.6 Å². The van der Waals surface area contributed by atoms with Crippen molar-refractivity contribution < 1.29 is 23.1 Å². The number of nitriles is 2. The molecule has 0 bridgehead atoms. The minimum atomic E-state index is -4.75. The molecule has 1 atom stereocenters. The summed E-state index contributed by atoms with van der Waals surface area (Å²) in [6, 6.07) is 12.9. The molecular weight excluding hydrogens is 397 g/mol. The highest BCUT2D eigenvalue weighted by atomic mass is 19.4. The molecule has 1 amide bonds. The van der Waals surface area contributed by atoms with Crippen LogP contribution < -0.4 is 10.2 Å². The van der Waals surface area contributed by atoms with E-state index in [1.165, 1.54) is 12.1 Å². The van der Waals surface area contributed by atoms with Crippen LogP contribution in [-0.2, 0) is 11.0 Å². The topological polar surface area (TPSA) is 100 Å². The number of alkyl halides is 3. The summed E-state index contributed by atoms with van der Waals surface area (Å²) in [4.78, 5) is 14.1. The maximum Gasteiger partial charge on any atom is 0.417 e. The Labute approximate surface area is 171 Å². The number of anilines is 2. The maximum atomic E-state index is 13.1. The van der Waals surface area contributed by atoms with Gasteiger partial charge in [-0.05, 0) is 48.9 Å². The van der Waals surface area contributed by atoms with E-state index in [-0.39, 0.29) is 12.2 Å². The summed E-state index contributed by atoms with van der Waals surface area (Å²) < 4.78 is 39.2. The molecule has 30 heavy (non-hydrogen) atoms. The van der Waals surface area contributed by atoms with Gasteiger partial charge in [-0.15, -0.1) is 0 Å². The highest BCUT2D eigenvalue weighted by Crippen LogP contribution is 2.33. The van der Waals surface area contributed by atoms with E-state index in [0.717, 1.165) is 12.5 Å². The molecule has 0 heterocycles. The number of benzene rings is 2. The number of hydrogen-bond donors (Lipinski definition) is 2. The third kappa shape index (κ3) is 5.72. The molecule has 0 aromatic heterocycles. The Hall–Kier alpha value is -3.56. The Kier molecular flexibility index (Phi) is 7.40. The number of halogens is 3. The second kappa shape index (κ2) is 9.77. The second-order valence-corrected chi connectivity index (χ2v) is 6.48. The summed E-state index contributed by atoms with van der Waals surface area (Å²) in [5.74, 6) is -0.873. The summed E-state index contributed by atoms with van der Waals surface area (Å²) >= 11 is 0. The minimum absolute atomic E-state index is 0.0893. The van der Waals surface area contributed by atoms with Crippen molar-refractivity contribution >= 4 is 17.3 Å². The van der Waals surface area contributed by atoms with Gasteiger partial charge in [0.25, 0.3) is 5.91 Å². The van der Waals surface area contributed by atoms with Crippen LogP contribution in [0.3, 0.4) is 0 Å². The molecule has 9 heteroatoms. The molecule has 6 nitrogen and oxygen atoms in total. The Morgan fingerprint density at radius 3 is 2.37 bits per heavy atom. The number of rotatable bonds is 7. The minimum Gasteiger partial charge on any atom is -0.381 e. The van der Waals surface area contributed by atoms with Crippen LogP contribution in [-0.4, -0.2) is 30.2 Å². The first kappa shape index (κ1) is 22.7. The van der Waals surface area contributed by atoms with Crippen molar-refractivity contribution in [1.29, 1.82) is 10.5 Å². The quantitative estimate of drug-likeness (QED) is 0.718. The maximum absolute atomic E-state index is 13.1. The Morgan fingerprint density at radius 2 is 1.83 bits per heavy atom. The molecule has 1 unspecified atom stereocenters. The Balaban J connectivity index is 2.14. The first-order valence-corrected chi connectivity index (χ1v) is 9.05. The van der Waals surface area contributed by atoms with E-state index in [1.54, 1.807) is 29.2 Å². The molecule has 0 aliphatic carbocycles. The molecule has 0 saturated heterocycles. The summed E-state index contributed by atoms with van der Waals surface area (Å²) in [5, 5.41) is 30.3. The molecule has 0 spiro atoms. The largest absolute Gasteiger partial charge is 0.417 e. The van der Waals surface area contributed by atoms with Gasteiger partial charge in [-0.1, -0.05) is 6.92 Å². The lowest BCUT2D eigenvalue weighted by atomic mass is 10.1. The lowest BCUT2D eigenvalue weighted by molar-refractivity contribution is -0.137. The van der Waals surface area contributed by atoms with Crippen LogP contribution >= 0.6 is 0 Å². The van der Waals surface area contributed by atoms with Crippen LogP contribution in [0.15, 0.2) is 42.5 Å². The highest BCUT2D eigenvalue weighted by Gasteiger charge is 2.34. The molecule has 0 saturated carbocycles. The standard InChI is InChI=1S/C21H19F3N4O2/c1-2-9-28(17-7-3-14(11-25)4-8-17)13-19(29)20(30)27-16-6-5-15(12-26)18(10-16)21(22,23)24/h3-8,10,19,29H,2,9,13H2,1H3,(H,27,30). The van der Waals surface area contributed by atoms with Gasteiger partial charge in [0.05, 0.1) is 35.4 Å². The first-order valence-electron chi connectivity index (χ1n) is 9.05. The van der Waals surface area contributed by atoms with Gasteiger partial charge in [0, 0.05) is 17.9 Å². The zero-order chi connectivity index (χ0) is 22.3. The van der Waals surface area contributed by atoms with Crippen LogP contribution in [0, 0.1) is 22.7 Å². The van der Waals surface area contributed by atoms with E-state index < -0.39 is 29.3 Å². The molecule has 0 radical (unpaired) electrons. The van der Waals surface area contributed by atoms with Crippen molar-refractivity contribution in [2.75, 3.05) is 23.3 Å². The first-order chi connectivity index (χ1) is 14.2. The normalized spacial score (nSPS) is 11.8. The van der Waals surface area contributed by atoms with Crippen molar-refractivity contribution in [3.05, 3.63) is 59.2 Å². The molecule has 156 valence electrons. The summed E-state index contributed by atoms with van der Waals surface area (Å²) in [7, 11) is 0. The average molecular weight is 416 g/mol. The fraction of sp³-hybridized carbons (Fsp3) is 0.286. The Morgan fingerprint density at radius 1 is 1.17 bits per heavy atom. The number of nitrogens with one attached hydrogen (secondary N) is 1. The van der Waals surface area contributed by atoms with Crippen LogP contribution in [0.4, 0.5) is 24.5 Å². The molecule has 2 aromatic rings. The van der Waals surface area contributed by atoms with Gasteiger partial charge in [0.1, 0.15) is 0 Å². The molecule has 2 aromatic carbocycles. The number of carbonyl (C=O) groups is 1. The van der Waals surface area contributed by atoms with Gasteiger partial charge in [0.15, 0.2) is 6.10 Å². The van der Waals surface area contributed by atoms with Crippen LogP contribution in [0.1, 0.15) is 30.0 Å². The molecule has 0 aliphatic heterocycles. The number of amides is 1. The van der Waals surface area contributed by atoms with Crippen molar-refractivity contribution in [1.82, 2.24) is 0 Å². The third-order valence-electron chi connectivity index (χ3n) is 4.26. The molecule has 0 fully saturated rings. The van der Waals surface area contributed by atoms with Gasteiger partial charge in [-0.3, -0.25) is 4.79 Å². The fourth-order valence-electron chi connectivity index (χ4n) is 2.81. The number of hydrogen-bond acceptors (Lipinski definition) is 5. The van der Waals surface area contributed by atoms with Crippen molar-refractivity contribution in [3.8, 4) is 12.1 Å². The van der Waals surface area contributed by atoms with Crippen LogP contribution in [0.25, 0.3) is 0 Å². The smallest absolute Gasteiger partial charge is 0.381 e. The van der Waals surface area contributed by atoms with Gasteiger partial charge in [-0.25, -0.2) is 0 Å². The molecule has 2 N–H and O–H groups in total. The summed E-state index contributed by atoms with van der Waals surface area (Å²) in [6.45, 7) is 2.35. The summed E-state index contributed by atoms with van der Waals surface area (Å²) in [5.41, 5.74) is -0.737. The predicted octanol–water partition coefficient (Wildman–Crippen LogP) is 3.66. The van der Waals surface area contributed by atoms with E-state index in [2.05, 4.69) is 5.32 Å². The number of aliphatic hydroxyl groups excluding tert-OH is 1. The number of carbonyl (C=O) groups excluding carboxylic acids is 1. The summed E-state index contributed by atoms with van der Waals surface area (Å²) in [6.07, 6.45) is -5.55. The van der Waals surface area contributed by atoms with Gasteiger partial charge in [-0.2, -0.15) is 23.7 Å². The number of aliphatic hydroxyl groups is 1. The molecule has 0 aliphatic rings. The van der Waals surface area contributed by atoms with Crippen molar-refractivity contribution in [3.63, 3.8) is 0 Å².